The molecule has 162 valence electrons. The van der Waals surface area contributed by atoms with Crippen LogP contribution < -0.4 is 5.32 Å². The van der Waals surface area contributed by atoms with Crippen molar-refractivity contribution >= 4 is 38.5 Å². The number of likely N-dealkylation sites (tertiary alicyclic amines) is 1. The van der Waals surface area contributed by atoms with Crippen molar-refractivity contribution in [3.8, 4) is 0 Å². The van der Waals surface area contributed by atoms with Crippen molar-refractivity contribution in [3.05, 3.63) is 39.6 Å². The molecule has 5 nitrogen and oxygen atoms in total. The molecule has 3 unspecified atom stereocenters. The highest BCUT2D eigenvalue weighted by Crippen LogP contribution is 2.47. The van der Waals surface area contributed by atoms with Gasteiger partial charge >= 0.3 is 0 Å². The molecule has 1 aliphatic heterocycles. The highest BCUT2D eigenvalue weighted by Gasteiger charge is 2.48. The Kier molecular flexibility index (Phi) is 5.54. The number of fused-ring (bicyclic) bond motifs is 1. The Morgan fingerprint density at radius 2 is 2.00 bits per heavy atom. The molecule has 2 heterocycles. The second kappa shape index (κ2) is 8.04. The van der Waals surface area contributed by atoms with Gasteiger partial charge in [0.1, 0.15) is 21.5 Å². The van der Waals surface area contributed by atoms with Gasteiger partial charge in [0.2, 0.25) is 0 Å². The summed E-state index contributed by atoms with van der Waals surface area (Å²) in [5, 5.41) is 5.82. The first kappa shape index (κ1) is 20.7. The Balaban J connectivity index is 1.35. The third kappa shape index (κ3) is 4.11. The molecular weight excluding hydrogens is 445 g/mol. The minimum Gasteiger partial charge on any atom is -0.379 e. The minimum absolute atomic E-state index is 0.200. The van der Waals surface area contributed by atoms with Crippen LogP contribution in [0.15, 0.2) is 28.6 Å². The van der Waals surface area contributed by atoms with Crippen LogP contribution in [0, 0.1) is 17.7 Å². The van der Waals surface area contributed by atoms with Gasteiger partial charge in [-0.3, -0.25) is 4.90 Å². The molecule has 0 bridgehead atoms. The summed E-state index contributed by atoms with van der Waals surface area (Å²) in [5.41, 5.74) is 0.476. The normalized spacial score (nSPS) is 29.0. The maximum absolute atomic E-state index is 14.9. The van der Waals surface area contributed by atoms with Crippen LogP contribution in [0.25, 0.3) is 0 Å². The number of hydrogen-bond donors (Lipinski definition) is 1. The first-order valence-electron chi connectivity index (χ1n) is 10.5. The highest BCUT2D eigenvalue weighted by atomic mass is 35.5. The molecule has 2 aromatic rings. The van der Waals surface area contributed by atoms with E-state index in [9.17, 15) is 12.8 Å². The molecule has 30 heavy (non-hydrogen) atoms. The zero-order valence-electron chi connectivity index (χ0n) is 16.6. The summed E-state index contributed by atoms with van der Waals surface area (Å²) in [6.07, 6.45) is 7.40. The third-order valence-electron chi connectivity index (χ3n) is 6.70. The Labute approximate surface area is 185 Å². The summed E-state index contributed by atoms with van der Waals surface area (Å²) in [6.45, 7) is 2.34. The van der Waals surface area contributed by atoms with E-state index in [1.54, 1.807) is 5.38 Å². The number of benzene rings is 1. The van der Waals surface area contributed by atoms with Crippen molar-refractivity contribution in [2.75, 3.05) is 18.4 Å². The highest BCUT2D eigenvalue weighted by molar-refractivity contribution is 7.90. The summed E-state index contributed by atoms with van der Waals surface area (Å²) in [5.74, 6) is 0.646. The van der Waals surface area contributed by atoms with Crippen LogP contribution in [0.3, 0.4) is 0 Å². The molecule has 3 fully saturated rings. The van der Waals surface area contributed by atoms with Gasteiger partial charge in [-0.05, 0) is 43.2 Å². The fraction of sp³-hybridized carbons (Fsp3) is 0.571. The van der Waals surface area contributed by atoms with Gasteiger partial charge in [-0.2, -0.15) is 0 Å². The van der Waals surface area contributed by atoms with Crippen molar-refractivity contribution in [3.63, 3.8) is 0 Å². The zero-order chi connectivity index (χ0) is 20.9. The van der Waals surface area contributed by atoms with Crippen molar-refractivity contribution in [2.24, 2.45) is 11.8 Å². The van der Waals surface area contributed by atoms with Gasteiger partial charge in [0, 0.05) is 36.8 Å². The van der Waals surface area contributed by atoms with Crippen molar-refractivity contribution in [2.45, 2.75) is 54.8 Å². The lowest BCUT2D eigenvalue weighted by Crippen LogP contribution is -2.48. The number of hydrogen-bond acceptors (Lipinski definition) is 6. The van der Waals surface area contributed by atoms with E-state index in [2.05, 4.69) is 15.2 Å². The van der Waals surface area contributed by atoms with E-state index in [0.717, 1.165) is 31.1 Å². The third-order valence-corrected chi connectivity index (χ3v) is 9.61. The van der Waals surface area contributed by atoms with Crippen molar-refractivity contribution < 1.29 is 12.8 Å². The Hall–Kier alpha value is -1.22. The lowest BCUT2D eigenvalue weighted by Gasteiger charge is -2.39. The smallest absolute Gasteiger partial charge is 0.187 e. The first-order chi connectivity index (χ1) is 14.4. The number of nitrogens with zero attached hydrogens (tertiary/aromatic N) is 2. The van der Waals surface area contributed by atoms with Crippen LogP contribution in [0.4, 0.5) is 10.1 Å². The molecule has 3 aliphatic rings. The van der Waals surface area contributed by atoms with Gasteiger partial charge in [-0.15, -0.1) is 11.3 Å². The van der Waals surface area contributed by atoms with Crippen molar-refractivity contribution in [1.29, 1.82) is 0 Å². The van der Waals surface area contributed by atoms with Crippen LogP contribution in [0.1, 0.15) is 37.1 Å². The van der Waals surface area contributed by atoms with E-state index in [-0.39, 0.29) is 21.7 Å². The van der Waals surface area contributed by atoms with Crippen LogP contribution in [-0.4, -0.2) is 43.5 Å². The molecule has 0 amide bonds. The van der Waals surface area contributed by atoms with Gasteiger partial charge < -0.3 is 5.32 Å². The van der Waals surface area contributed by atoms with Crippen molar-refractivity contribution in [1.82, 2.24) is 9.88 Å². The maximum Gasteiger partial charge on any atom is 0.187 e. The molecule has 0 radical (unpaired) electrons. The standard InChI is InChI=1S/C21H25ClFN3O2S2/c22-15-8-20(30(27,28)12-21-24-5-6-29-21)16(23)9-18(15)25-17-3-1-2-4-19(17)26-10-13-7-14(13)11-26/h5-6,8-9,13-14,17,19,25H,1-4,7,10-12H2/t13?,14?,17?,19-/m0/s1. The van der Waals surface area contributed by atoms with Gasteiger partial charge in [0.05, 0.1) is 10.7 Å². The number of sulfone groups is 1. The van der Waals surface area contributed by atoms with E-state index in [0.29, 0.717) is 16.7 Å². The number of anilines is 1. The Morgan fingerprint density at radius 3 is 2.73 bits per heavy atom. The Morgan fingerprint density at radius 1 is 1.23 bits per heavy atom. The summed E-state index contributed by atoms with van der Waals surface area (Å²) in [4.78, 5) is 6.22. The first-order valence-corrected chi connectivity index (χ1v) is 13.4. The lowest BCUT2D eigenvalue weighted by molar-refractivity contribution is 0.161. The predicted molar refractivity (Wildman–Crippen MR) is 117 cm³/mol. The van der Waals surface area contributed by atoms with E-state index in [1.807, 2.05) is 0 Å². The summed E-state index contributed by atoms with van der Waals surface area (Å²) in [6, 6.07) is 3.11. The zero-order valence-corrected chi connectivity index (χ0v) is 18.9. The average molecular weight is 470 g/mol. The predicted octanol–water partition coefficient (Wildman–Crippen LogP) is 4.58. The van der Waals surface area contributed by atoms with Gasteiger partial charge in [0.15, 0.2) is 9.84 Å². The molecule has 9 heteroatoms. The summed E-state index contributed by atoms with van der Waals surface area (Å²) < 4.78 is 40.2. The van der Waals surface area contributed by atoms with Crippen LogP contribution in [-0.2, 0) is 15.6 Å². The molecule has 2 saturated carbocycles. The number of piperidine rings is 1. The van der Waals surface area contributed by atoms with Crippen LogP contribution in [0.5, 0.6) is 0 Å². The SMILES string of the molecule is O=S(=O)(Cc1nccs1)c1cc(Cl)c(NC2CCCC[C@@H]2N2CC3CC3C2)cc1F. The molecule has 0 spiro atoms. The molecule has 1 saturated heterocycles. The second-order valence-electron chi connectivity index (χ2n) is 8.76. The fourth-order valence-corrected chi connectivity index (χ4v) is 7.69. The molecule has 1 aromatic carbocycles. The fourth-order valence-electron chi connectivity index (χ4n) is 5.06. The topological polar surface area (TPSA) is 62.3 Å². The largest absolute Gasteiger partial charge is 0.379 e. The van der Waals surface area contributed by atoms with Gasteiger partial charge in [0.25, 0.3) is 0 Å². The van der Waals surface area contributed by atoms with Gasteiger partial charge in [-0.25, -0.2) is 17.8 Å². The van der Waals surface area contributed by atoms with E-state index in [1.165, 1.54) is 55.6 Å². The monoisotopic (exact) mass is 469 g/mol. The van der Waals surface area contributed by atoms with E-state index >= 15 is 0 Å². The number of halogens is 2. The molecule has 4 atom stereocenters. The lowest BCUT2D eigenvalue weighted by atomic mass is 9.89. The molecular formula is C21H25ClFN3O2S2. The average Bonchev–Trinajstić information content (AvgIpc) is 3.08. The van der Waals surface area contributed by atoms with E-state index < -0.39 is 15.7 Å². The van der Waals surface area contributed by atoms with E-state index in [4.69, 9.17) is 11.6 Å². The molecule has 1 N–H and O–H groups in total. The summed E-state index contributed by atoms with van der Waals surface area (Å²) in [7, 11) is -3.86. The summed E-state index contributed by atoms with van der Waals surface area (Å²) >= 11 is 7.66. The number of aromatic nitrogens is 1. The molecule has 1 aromatic heterocycles. The van der Waals surface area contributed by atoms with Crippen LogP contribution >= 0.6 is 22.9 Å². The van der Waals surface area contributed by atoms with Crippen LogP contribution in [0.2, 0.25) is 5.02 Å². The molecule has 2 aliphatic carbocycles. The maximum atomic E-state index is 14.9. The second-order valence-corrected chi connectivity index (χ2v) is 12.1. The minimum atomic E-state index is -3.86. The number of thiazole rings is 1. The number of nitrogens with one attached hydrogen (secondary N) is 1. The molecule has 5 rings (SSSR count). The number of rotatable bonds is 6. The quantitative estimate of drug-likeness (QED) is 0.670. The van der Waals surface area contributed by atoms with Gasteiger partial charge in [-0.1, -0.05) is 24.4 Å². The Bertz CT molecular complexity index is 1020.